The van der Waals surface area contributed by atoms with Crippen LogP contribution in [-0.2, 0) is 16.1 Å². The average molecular weight is 407 g/mol. The highest BCUT2D eigenvalue weighted by molar-refractivity contribution is 5.98. The second-order valence-corrected chi connectivity index (χ2v) is 8.70. The lowest BCUT2D eigenvalue weighted by atomic mass is 9.83. The number of nitrogens with one attached hydrogen (secondary N) is 1. The van der Waals surface area contributed by atoms with Crippen LogP contribution in [0.1, 0.15) is 54.1 Å². The molecule has 0 unspecified atom stereocenters. The number of hydrogen-bond donors (Lipinski definition) is 1. The van der Waals surface area contributed by atoms with Crippen LogP contribution < -0.4 is 5.32 Å². The normalized spacial score (nSPS) is 26.0. The number of carbonyl (C=O) groups excluding carboxylic acids is 2. The summed E-state index contributed by atoms with van der Waals surface area (Å²) in [7, 11) is 0. The van der Waals surface area contributed by atoms with Gasteiger partial charge >= 0.3 is 0 Å². The predicted octanol–water partition coefficient (Wildman–Crippen LogP) is 4.06. The lowest BCUT2D eigenvalue weighted by Crippen LogP contribution is -2.56. The summed E-state index contributed by atoms with van der Waals surface area (Å²) < 4.78 is 6.25. The van der Waals surface area contributed by atoms with E-state index < -0.39 is 11.8 Å². The van der Waals surface area contributed by atoms with E-state index in [1.165, 1.54) is 0 Å². The molecule has 2 aliphatic rings. The molecule has 1 atom stereocenters. The van der Waals surface area contributed by atoms with Crippen LogP contribution in [0.5, 0.6) is 0 Å². The lowest BCUT2D eigenvalue weighted by molar-refractivity contribution is -0.128. The molecule has 2 aromatic carbocycles. The molecule has 1 aliphatic heterocycles. The highest BCUT2D eigenvalue weighted by Crippen LogP contribution is 2.43. The smallest absolute Gasteiger partial charge is 0.256 e. The third-order valence-corrected chi connectivity index (χ3v) is 6.41. The number of nitrogens with zero attached hydrogens (tertiary/aromatic N) is 1. The van der Waals surface area contributed by atoms with Gasteiger partial charge in [0.05, 0.1) is 6.61 Å². The van der Waals surface area contributed by atoms with Crippen LogP contribution in [0.25, 0.3) is 0 Å². The first-order valence-electron chi connectivity index (χ1n) is 10.8. The van der Waals surface area contributed by atoms with E-state index in [-0.39, 0.29) is 18.4 Å². The molecule has 5 heteroatoms. The van der Waals surface area contributed by atoms with Gasteiger partial charge < -0.3 is 10.1 Å². The number of rotatable bonds is 4. The Morgan fingerprint density at radius 2 is 1.83 bits per heavy atom. The molecule has 30 heavy (non-hydrogen) atoms. The third-order valence-electron chi connectivity index (χ3n) is 6.41. The fraction of sp³-hybridized carbons (Fsp3) is 0.440. The zero-order valence-electron chi connectivity index (χ0n) is 17.8. The van der Waals surface area contributed by atoms with Crippen molar-refractivity contribution < 1.29 is 14.3 Å². The van der Waals surface area contributed by atoms with Crippen LogP contribution >= 0.6 is 0 Å². The number of benzene rings is 2. The van der Waals surface area contributed by atoms with E-state index >= 15 is 0 Å². The summed E-state index contributed by atoms with van der Waals surface area (Å²) in [5.41, 5.74) is 1.99. The second-order valence-electron chi connectivity index (χ2n) is 8.70. The van der Waals surface area contributed by atoms with Gasteiger partial charge in [0.25, 0.3) is 5.91 Å². The molecule has 1 spiro atoms. The summed E-state index contributed by atoms with van der Waals surface area (Å²) in [6.07, 6.45) is 3.54. The van der Waals surface area contributed by atoms with E-state index in [1.807, 2.05) is 61.5 Å². The zero-order valence-corrected chi connectivity index (χ0v) is 17.8. The quantitative estimate of drug-likeness (QED) is 0.833. The minimum absolute atomic E-state index is 0.120. The second kappa shape index (κ2) is 8.60. The third kappa shape index (κ3) is 4.12. The van der Waals surface area contributed by atoms with Crippen molar-refractivity contribution in [2.45, 2.75) is 57.8 Å². The first kappa shape index (κ1) is 20.6. The summed E-state index contributed by atoms with van der Waals surface area (Å²) in [6.45, 7) is 4.89. The van der Waals surface area contributed by atoms with Crippen LogP contribution in [0.2, 0.25) is 0 Å². The number of hydrogen-bond acceptors (Lipinski definition) is 3. The van der Waals surface area contributed by atoms with Gasteiger partial charge in [-0.2, -0.15) is 0 Å². The summed E-state index contributed by atoms with van der Waals surface area (Å²) in [5.74, 6) is 0.335. The van der Waals surface area contributed by atoms with Gasteiger partial charge in [-0.25, -0.2) is 0 Å². The van der Waals surface area contributed by atoms with Crippen LogP contribution in [-0.4, -0.2) is 35.1 Å². The van der Waals surface area contributed by atoms with Crippen molar-refractivity contribution in [3.05, 3.63) is 71.3 Å². The molecule has 2 amide bonds. The fourth-order valence-corrected chi connectivity index (χ4v) is 4.60. The molecule has 2 aromatic rings. The van der Waals surface area contributed by atoms with Gasteiger partial charge in [-0.15, -0.1) is 0 Å². The molecule has 0 bridgehead atoms. The van der Waals surface area contributed by atoms with E-state index in [2.05, 4.69) is 12.2 Å². The number of carbonyl (C=O) groups is 2. The summed E-state index contributed by atoms with van der Waals surface area (Å²) in [6, 6.07) is 16.8. The molecular weight excluding hydrogens is 376 g/mol. The van der Waals surface area contributed by atoms with Gasteiger partial charge in [-0.1, -0.05) is 55.0 Å². The Kier molecular flexibility index (Phi) is 5.91. The van der Waals surface area contributed by atoms with Gasteiger partial charge in [0.15, 0.2) is 0 Å². The Hall–Kier alpha value is -2.66. The highest BCUT2D eigenvalue weighted by Gasteiger charge is 2.53. The van der Waals surface area contributed by atoms with Crippen molar-refractivity contribution in [2.75, 3.05) is 6.61 Å². The van der Waals surface area contributed by atoms with Crippen molar-refractivity contribution in [3.63, 3.8) is 0 Å². The Morgan fingerprint density at radius 3 is 2.53 bits per heavy atom. The molecule has 158 valence electrons. The van der Waals surface area contributed by atoms with E-state index in [1.54, 1.807) is 4.90 Å². The molecule has 4 rings (SSSR count). The van der Waals surface area contributed by atoms with E-state index in [4.69, 9.17) is 4.74 Å². The molecule has 0 aromatic heterocycles. The van der Waals surface area contributed by atoms with Crippen LogP contribution in [0.3, 0.4) is 0 Å². The van der Waals surface area contributed by atoms with Gasteiger partial charge in [-0.3, -0.25) is 14.5 Å². The van der Waals surface area contributed by atoms with Crippen LogP contribution in [0.15, 0.2) is 54.6 Å². The Labute approximate surface area is 178 Å². The first-order chi connectivity index (χ1) is 14.5. The summed E-state index contributed by atoms with van der Waals surface area (Å²) in [5, 5.41) is 3.01. The number of aryl methyl sites for hydroxylation is 1. The Balaban J connectivity index is 1.58. The molecular formula is C25H30N2O3. The SMILES string of the molecule is Cc1cccc(C(=O)N2[C@@H](C(=O)NCc3ccccc3)COC23CCC(C)CC3)c1. The van der Waals surface area contributed by atoms with Crippen molar-refractivity contribution in [3.8, 4) is 0 Å². The predicted molar refractivity (Wildman–Crippen MR) is 116 cm³/mol. The largest absolute Gasteiger partial charge is 0.353 e. The van der Waals surface area contributed by atoms with Gasteiger partial charge in [0.1, 0.15) is 11.8 Å². The standard InChI is InChI=1S/C25H30N2O3/c1-18-11-13-25(14-12-18)27(24(29)21-10-6-7-19(2)15-21)22(17-30-25)23(28)26-16-20-8-4-3-5-9-20/h3-10,15,18,22H,11-14,16-17H2,1-2H3,(H,26,28)/t18?,22-,25?/m1/s1. The minimum atomic E-state index is -0.678. The fourth-order valence-electron chi connectivity index (χ4n) is 4.60. The summed E-state index contributed by atoms with van der Waals surface area (Å²) >= 11 is 0. The Bertz CT molecular complexity index is 904. The zero-order chi connectivity index (χ0) is 21.1. The van der Waals surface area contributed by atoms with Crippen molar-refractivity contribution >= 4 is 11.8 Å². The van der Waals surface area contributed by atoms with Gasteiger partial charge in [-0.05, 0) is 56.2 Å². The van der Waals surface area contributed by atoms with Crippen molar-refractivity contribution in [2.24, 2.45) is 5.92 Å². The van der Waals surface area contributed by atoms with Crippen molar-refractivity contribution in [1.82, 2.24) is 10.2 Å². The maximum Gasteiger partial charge on any atom is 0.256 e. The molecule has 0 radical (unpaired) electrons. The van der Waals surface area contributed by atoms with Crippen LogP contribution in [0.4, 0.5) is 0 Å². The molecule has 1 heterocycles. The van der Waals surface area contributed by atoms with Gasteiger partial charge in [0, 0.05) is 12.1 Å². The van der Waals surface area contributed by atoms with E-state index in [9.17, 15) is 9.59 Å². The number of ether oxygens (including phenoxy) is 1. The van der Waals surface area contributed by atoms with E-state index in [0.717, 1.165) is 36.8 Å². The molecule has 1 aliphatic carbocycles. The maximum atomic E-state index is 13.6. The molecule has 2 fully saturated rings. The topological polar surface area (TPSA) is 58.6 Å². The average Bonchev–Trinajstić information content (AvgIpc) is 3.13. The van der Waals surface area contributed by atoms with Crippen molar-refractivity contribution in [1.29, 1.82) is 0 Å². The molecule has 1 N–H and O–H groups in total. The number of amides is 2. The lowest BCUT2D eigenvalue weighted by Gasteiger charge is -2.43. The first-order valence-corrected chi connectivity index (χ1v) is 10.8. The summed E-state index contributed by atoms with van der Waals surface area (Å²) in [4.78, 5) is 28.5. The van der Waals surface area contributed by atoms with Crippen LogP contribution in [0, 0.1) is 12.8 Å². The molecule has 1 saturated carbocycles. The van der Waals surface area contributed by atoms with E-state index in [0.29, 0.717) is 18.0 Å². The van der Waals surface area contributed by atoms with Gasteiger partial charge in [0.2, 0.25) is 5.91 Å². The maximum absolute atomic E-state index is 13.6. The monoisotopic (exact) mass is 406 g/mol. The Morgan fingerprint density at radius 1 is 1.10 bits per heavy atom. The molecule has 1 saturated heterocycles. The minimum Gasteiger partial charge on any atom is -0.353 e. The molecule has 5 nitrogen and oxygen atoms in total. The highest BCUT2D eigenvalue weighted by atomic mass is 16.5.